The summed E-state index contributed by atoms with van der Waals surface area (Å²) < 4.78 is 0. The Bertz CT molecular complexity index is 411. The highest BCUT2D eigenvalue weighted by atomic mass is 16.2. The number of piperazine rings is 1. The minimum absolute atomic E-state index is 0.0733. The Morgan fingerprint density at radius 2 is 2.00 bits per heavy atom. The zero-order chi connectivity index (χ0) is 13.0. The normalized spacial score (nSPS) is 17.6. The van der Waals surface area contributed by atoms with Crippen molar-refractivity contribution < 1.29 is 4.79 Å². The summed E-state index contributed by atoms with van der Waals surface area (Å²) in [5, 5.41) is 3.27. The van der Waals surface area contributed by atoms with Crippen LogP contribution in [0.15, 0.2) is 24.3 Å². The van der Waals surface area contributed by atoms with Crippen LogP contribution in [0, 0.1) is 12.8 Å². The monoisotopic (exact) mass is 246 g/mol. The lowest BCUT2D eigenvalue weighted by atomic mass is 9.96. The van der Waals surface area contributed by atoms with Crippen LogP contribution in [0.3, 0.4) is 0 Å². The van der Waals surface area contributed by atoms with Gasteiger partial charge in [0.25, 0.3) is 0 Å². The molecule has 0 bridgehead atoms. The molecule has 1 fully saturated rings. The van der Waals surface area contributed by atoms with Crippen LogP contribution in [0.5, 0.6) is 0 Å². The van der Waals surface area contributed by atoms with E-state index in [0.717, 1.165) is 32.6 Å². The standard InChI is InChI=1S/C15H22N2O/c1-12-5-3-4-6-14(12)11-13(2)15(18)17-9-7-16-8-10-17/h3-6,13,16H,7-11H2,1-2H3. The molecule has 1 aromatic rings. The van der Waals surface area contributed by atoms with Gasteiger partial charge in [-0.05, 0) is 24.5 Å². The van der Waals surface area contributed by atoms with Crippen molar-refractivity contribution >= 4 is 5.91 Å². The van der Waals surface area contributed by atoms with E-state index in [9.17, 15) is 4.79 Å². The van der Waals surface area contributed by atoms with Gasteiger partial charge in [0.2, 0.25) is 5.91 Å². The quantitative estimate of drug-likeness (QED) is 0.878. The molecule has 0 saturated carbocycles. The summed E-state index contributed by atoms with van der Waals surface area (Å²) >= 11 is 0. The lowest BCUT2D eigenvalue weighted by Crippen LogP contribution is -2.48. The van der Waals surface area contributed by atoms with Crippen LogP contribution in [-0.4, -0.2) is 37.0 Å². The van der Waals surface area contributed by atoms with Crippen molar-refractivity contribution in [2.45, 2.75) is 20.3 Å². The van der Waals surface area contributed by atoms with Gasteiger partial charge in [-0.1, -0.05) is 31.2 Å². The lowest BCUT2D eigenvalue weighted by molar-refractivity contribution is -0.135. The molecule has 0 aliphatic carbocycles. The van der Waals surface area contributed by atoms with E-state index in [1.54, 1.807) is 0 Å². The number of amides is 1. The van der Waals surface area contributed by atoms with E-state index in [0.29, 0.717) is 5.91 Å². The fraction of sp³-hybridized carbons (Fsp3) is 0.533. The number of carbonyl (C=O) groups is 1. The summed E-state index contributed by atoms with van der Waals surface area (Å²) in [6, 6.07) is 8.32. The molecule has 1 amide bonds. The number of benzene rings is 1. The molecule has 98 valence electrons. The fourth-order valence-corrected chi connectivity index (χ4v) is 2.45. The number of aryl methyl sites for hydroxylation is 1. The zero-order valence-corrected chi connectivity index (χ0v) is 11.3. The molecule has 3 heteroatoms. The first-order valence-electron chi connectivity index (χ1n) is 6.72. The molecule has 2 rings (SSSR count). The predicted molar refractivity (Wildman–Crippen MR) is 73.5 cm³/mol. The Balaban J connectivity index is 1.96. The highest BCUT2D eigenvalue weighted by Gasteiger charge is 2.22. The molecule has 1 N–H and O–H groups in total. The molecular formula is C15H22N2O. The van der Waals surface area contributed by atoms with Gasteiger partial charge >= 0.3 is 0 Å². The summed E-state index contributed by atoms with van der Waals surface area (Å²) in [4.78, 5) is 14.3. The molecule has 0 aromatic heterocycles. The van der Waals surface area contributed by atoms with E-state index >= 15 is 0 Å². The SMILES string of the molecule is Cc1ccccc1CC(C)C(=O)N1CCNCC1. The van der Waals surface area contributed by atoms with E-state index in [2.05, 4.69) is 24.4 Å². The van der Waals surface area contributed by atoms with E-state index in [4.69, 9.17) is 0 Å². The Hall–Kier alpha value is -1.35. The number of carbonyl (C=O) groups excluding carboxylic acids is 1. The number of nitrogens with zero attached hydrogens (tertiary/aromatic N) is 1. The largest absolute Gasteiger partial charge is 0.340 e. The summed E-state index contributed by atoms with van der Waals surface area (Å²) in [6.45, 7) is 7.67. The van der Waals surface area contributed by atoms with Crippen LogP contribution in [0.2, 0.25) is 0 Å². The topological polar surface area (TPSA) is 32.3 Å². The molecule has 3 nitrogen and oxygen atoms in total. The van der Waals surface area contributed by atoms with Crippen molar-refractivity contribution in [1.82, 2.24) is 10.2 Å². The maximum Gasteiger partial charge on any atom is 0.225 e. The van der Waals surface area contributed by atoms with Gasteiger partial charge in [0.05, 0.1) is 0 Å². The molecule has 18 heavy (non-hydrogen) atoms. The van der Waals surface area contributed by atoms with E-state index in [-0.39, 0.29) is 5.92 Å². The first-order chi connectivity index (χ1) is 8.68. The Morgan fingerprint density at radius 3 is 2.67 bits per heavy atom. The van der Waals surface area contributed by atoms with E-state index in [1.807, 2.05) is 24.0 Å². The Kier molecular flexibility index (Phi) is 4.37. The van der Waals surface area contributed by atoms with Crippen LogP contribution < -0.4 is 5.32 Å². The highest BCUT2D eigenvalue weighted by Crippen LogP contribution is 2.15. The second kappa shape index (κ2) is 6.01. The van der Waals surface area contributed by atoms with Crippen molar-refractivity contribution in [3.05, 3.63) is 35.4 Å². The molecule has 0 spiro atoms. The molecule has 1 aliphatic heterocycles. The zero-order valence-electron chi connectivity index (χ0n) is 11.3. The smallest absolute Gasteiger partial charge is 0.225 e. The third-order valence-corrected chi connectivity index (χ3v) is 3.64. The summed E-state index contributed by atoms with van der Waals surface area (Å²) in [5.74, 6) is 0.365. The first-order valence-corrected chi connectivity index (χ1v) is 6.72. The van der Waals surface area contributed by atoms with Crippen LogP contribution in [0.1, 0.15) is 18.1 Å². The summed E-state index contributed by atoms with van der Waals surface area (Å²) in [7, 11) is 0. The predicted octanol–water partition coefficient (Wildman–Crippen LogP) is 1.61. The van der Waals surface area contributed by atoms with Crippen LogP contribution >= 0.6 is 0 Å². The van der Waals surface area contributed by atoms with E-state index in [1.165, 1.54) is 11.1 Å². The first kappa shape index (κ1) is 13.1. The van der Waals surface area contributed by atoms with E-state index < -0.39 is 0 Å². The van der Waals surface area contributed by atoms with Crippen molar-refractivity contribution in [1.29, 1.82) is 0 Å². The highest BCUT2D eigenvalue weighted by molar-refractivity contribution is 5.79. The molecule has 1 saturated heterocycles. The Labute approximate surface area is 109 Å². The minimum atomic E-state index is 0.0733. The van der Waals surface area contributed by atoms with Gasteiger partial charge in [-0.2, -0.15) is 0 Å². The van der Waals surface area contributed by atoms with Crippen molar-refractivity contribution in [3.8, 4) is 0 Å². The van der Waals surface area contributed by atoms with Crippen molar-refractivity contribution in [2.24, 2.45) is 5.92 Å². The Morgan fingerprint density at radius 1 is 1.33 bits per heavy atom. The molecule has 1 atom stereocenters. The second-order valence-electron chi connectivity index (χ2n) is 5.11. The number of nitrogens with one attached hydrogen (secondary N) is 1. The van der Waals surface area contributed by atoms with Gasteiger partial charge < -0.3 is 10.2 Å². The van der Waals surface area contributed by atoms with Crippen molar-refractivity contribution in [3.63, 3.8) is 0 Å². The molecule has 1 aliphatic rings. The van der Waals surface area contributed by atoms with Crippen molar-refractivity contribution in [2.75, 3.05) is 26.2 Å². The average molecular weight is 246 g/mol. The van der Waals surface area contributed by atoms with Gasteiger partial charge in [0.15, 0.2) is 0 Å². The average Bonchev–Trinajstić information content (AvgIpc) is 2.41. The third-order valence-electron chi connectivity index (χ3n) is 3.64. The molecule has 1 aromatic carbocycles. The molecular weight excluding hydrogens is 224 g/mol. The minimum Gasteiger partial charge on any atom is -0.340 e. The molecule has 0 radical (unpaired) electrons. The second-order valence-corrected chi connectivity index (χ2v) is 5.11. The fourth-order valence-electron chi connectivity index (χ4n) is 2.45. The molecule has 1 heterocycles. The third kappa shape index (κ3) is 3.10. The molecule has 1 unspecified atom stereocenters. The number of rotatable bonds is 3. The maximum atomic E-state index is 12.3. The van der Waals surface area contributed by atoms with Gasteiger partial charge in [-0.15, -0.1) is 0 Å². The summed E-state index contributed by atoms with van der Waals surface area (Å²) in [6.07, 6.45) is 0.843. The van der Waals surface area contributed by atoms with Crippen LogP contribution in [0.25, 0.3) is 0 Å². The van der Waals surface area contributed by atoms with Gasteiger partial charge in [-0.3, -0.25) is 4.79 Å². The van der Waals surface area contributed by atoms with Gasteiger partial charge in [0.1, 0.15) is 0 Å². The number of hydrogen-bond donors (Lipinski definition) is 1. The van der Waals surface area contributed by atoms with Gasteiger partial charge in [0, 0.05) is 32.1 Å². The maximum absolute atomic E-state index is 12.3. The van der Waals surface area contributed by atoms with Crippen LogP contribution in [0.4, 0.5) is 0 Å². The lowest BCUT2D eigenvalue weighted by Gasteiger charge is -2.30. The van der Waals surface area contributed by atoms with Crippen LogP contribution in [-0.2, 0) is 11.2 Å². The summed E-state index contributed by atoms with van der Waals surface area (Å²) in [5.41, 5.74) is 2.56. The van der Waals surface area contributed by atoms with Gasteiger partial charge in [-0.25, -0.2) is 0 Å². The number of hydrogen-bond acceptors (Lipinski definition) is 2.